The van der Waals surface area contributed by atoms with E-state index in [1.165, 1.54) is 0 Å². The average molecular weight is 356 g/mol. The molecule has 2 N–H and O–H groups in total. The van der Waals surface area contributed by atoms with E-state index in [9.17, 15) is 9.59 Å². The van der Waals surface area contributed by atoms with Gasteiger partial charge in [0.15, 0.2) is 0 Å². The van der Waals surface area contributed by atoms with Gasteiger partial charge in [-0.2, -0.15) is 5.48 Å². The Hall–Kier alpha value is -3.02. The Kier molecular flexibility index (Phi) is 6.22. The third-order valence-corrected chi connectivity index (χ3v) is 3.52. The summed E-state index contributed by atoms with van der Waals surface area (Å²) in [6, 6.07) is 15.6. The molecule has 0 heterocycles. The van der Waals surface area contributed by atoms with E-state index in [4.69, 9.17) is 9.57 Å². The number of carbonyl (C=O) groups is 2. The number of ether oxygens (including phenoxy) is 1. The summed E-state index contributed by atoms with van der Waals surface area (Å²) in [6.07, 6.45) is -0.885. The van der Waals surface area contributed by atoms with Crippen LogP contribution in [0.4, 0.5) is 10.5 Å². The van der Waals surface area contributed by atoms with Crippen LogP contribution in [0.5, 0.6) is 5.75 Å². The summed E-state index contributed by atoms with van der Waals surface area (Å²) in [6.45, 7) is 7.48. The molecule has 2 amide bonds. The molecule has 1 atom stereocenters. The zero-order valence-corrected chi connectivity index (χ0v) is 15.4. The molecule has 0 aliphatic carbocycles. The molecule has 0 aromatic heterocycles. The Morgan fingerprint density at radius 1 is 1.00 bits per heavy atom. The number of hydrogen-bond donors (Lipinski definition) is 2. The van der Waals surface area contributed by atoms with Crippen molar-refractivity contribution in [1.29, 1.82) is 0 Å². The number of hydrogen-bond acceptors (Lipinski definition) is 4. The Morgan fingerprint density at radius 2 is 1.69 bits per heavy atom. The number of urea groups is 1. The minimum Gasteiger partial charge on any atom is -0.478 e. The normalized spacial score (nSPS) is 12.0. The second kappa shape index (κ2) is 8.38. The van der Waals surface area contributed by atoms with Crippen molar-refractivity contribution in [3.8, 4) is 5.75 Å². The molecule has 2 aromatic rings. The Labute approximate surface area is 153 Å². The van der Waals surface area contributed by atoms with Crippen LogP contribution in [0.25, 0.3) is 0 Å². The molecular formula is C20H24N2O4. The monoisotopic (exact) mass is 356 g/mol. The molecule has 0 aliphatic heterocycles. The fourth-order valence-electron chi connectivity index (χ4n) is 2.24. The molecular weight excluding hydrogens is 332 g/mol. The number of amides is 2. The first kappa shape index (κ1) is 19.3. The van der Waals surface area contributed by atoms with Gasteiger partial charge in [0.05, 0.1) is 0 Å². The summed E-state index contributed by atoms with van der Waals surface area (Å²) >= 11 is 0. The van der Waals surface area contributed by atoms with Crippen molar-refractivity contribution in [3.05, 3.63) is 60.2 Å². The summed E-state index contributed by atoms with van der Waals surface area (Å²) in [5.41, 5.74) is 3.19. The van der Waals surface area contributed by atoms with E-state index in [1.807, 2.05) is 58.0 Å². The molecule has 0 radical (unpaired) electrons. The standard InChI is InChI=1S/C20H24N2O4/c1-14-9-8-10-15(13-14)21-19(24)22-26-18(23)17(20(2,3)4)25-16-11-6-5-7-12-16/h5-13,17H,1-4H3,(H2,21,22,24). The van der Waals surface area contributed by atoms with Crippen LogP contribution in [0.15, 0.2) is 54.6 Å². The van der Waals surface area contributed by atoms with Crippen LogP contribution in [0.1, 0.15) is 26.3 Å². The van der Waals surface area contributed by atoms with Crippen LogP contribution < -0.4 is 15.5 Å². The van der Waals surface area contributed by atoms with E-state index >= 15 is 0 Å². The minimum atomic E-state index is -0.885. The summed E-state index contributed by atoms with van der Waals surface area (Å²) in [5, 5.41) is 2.60. The van der Waals surface area contributed by atoms with Crippen LogP contribution in [0.3, 0.4) is 0 Å². The van der Waals surface area contributed by atoms with E-state index < -0.39 is 23.5 Å². The number of nitrogens with one attached hydrogen (secondary N) is 2. The largest absolute Gasteiger partial charge is 0.478 e. The minimum absolute atomic E-state index is 0.526. The number of hydroxylamine groups is 1. The quantitative estimate of drug-likeness (QED) is 0.810. The molecule has 138 valence electrons. The van der Waals surface area contributed by atoms with E-state index in [1.54, 1.807) is 24.3 Å². The highest BCUT2D eigenvalue weighted by molar-refractivity contribution is 5.89. The fourth-order valence-corrected chi connectivity index (χ4v) is 2.24. The molecule has 0 bridgehead atoms. The third kappa shape index (κ3) is 5.81. The van der Waals surface area contributed by atoms with Gasteiger partial charge in [-0.3, -0.25) is 0 Å². The van der Waals surface area contributed by atoms with Crippen molar-refractivity contribution in [2.24, 2.45) is 5.41 Å². The van der Waals surface area contributed by atoms with Crippen LogP contribution >= 0.6 is 0 Å². The molecule has 0 saturated heterocycles. The molecule has 6 heteroatoms. The maximum Gasteiger partial charge on any atom is 0.372 e. The number of rotatable bonds is 4. The first-order valence-corrected chi connectivity index (χ1v) is 8.32. The Morgan fingerprint density at radius 3 is 2.31 bits per heavy atom. The second-order valence-electron chi connectivity index (χ2n) is 7.02. The molecule has 2 aromatic carbocycles. The first-order valence-electron chi connectivity index (χ1n) is 8.32. The third-order valence-electron chi connectivity index (χ3n) is 3.52. The predicted octanol–water partition coefficient (Wildman–Crippen LogP) is 4.07. The number of anilines is 1. The van der Waals surface area contributed by atoms with Gasteiger partial charge in [0.2, 0.25) is 6.10 Å². The maximum absolute atomic E-state index is 12.4. The summed E-state index contributed by atoms with van der Waals surface area (Å²) < 4.78 is 5.76. The Balaban J connectivity index is 1.95. The van der Waals surface area contributed by atoms with Gasteiger partial charge in [-0.25, -0.2) is 9.59 Å². The highest BCUT2D eigenvalue weighted by Gasteiger charge is 2.35. The lowest BCUT2D eigenvalue weighted by molar-refractivity contribution is -0.162. The summed E-state index contributed by atoms with van der Waals surface area (Å²) in [7, 11) is 0. The van der Waals surface area contributed by atoms with Gasteiger partial charge in [-0.15, -0.1) is 0 Å². The van der Waals surface area contributed by atoms with Crippen molar-refractivity contribution in [2.45, 2.75) is 33.8 Å². The van der Waals surface area contributed by atoms with Crippen molar-refractivity contribution in [1.82, 2.24) is 5.48 Å². The predicted molar refractivity (Wildman–Crippen MR) is 99.7 cm³/mol. The maximum atomic E-state index is 12.4. The van der Waals surface area contributed by atoms with Gasteiger partial charge in [0, 0.05) is 11.1 Å². The molecule has 26 heavy (non-hydrogen) atoms. The van der Waals surface area contributed by atoms with Gasteiger partial charge in [0.25, 0.3) is 0 Å². The molecule has 6 nitrogen and oxygen atoms in total. The Bertz CT molecular complexity index is 754. The van der Waals surface area contributed by atoms with E-state index in [0.29, 0.717) is 11.4 Å². The van der Waals surface area contributed by atoms with Crippen molar-refractivity contribution in [3.63, 3.8) is 0 Å². The lowest BCUT2D eigenvalue weighted by atomic mass is 9.89. The van der Waals surface area contributed by atoms with Gasteiger partial charge in [-0.05, 0) is 36.8 Å². The zero-order valence-electron chi connectivity index (χ0n) is 15.4. The molecule has 2 rings (SSSR count). The average Bonchev–Trinajstić information content (AvgIpc) is 2.57. The van der Waals surface area contributed by atoms with Crippen molar-refractivity contribution >= 4 is 17.7 Å². The number of benzene rings is 2. The lowest BCUT2D eigenvalue weighted by Crippen LogP contribution is -2.44. The summed E-state index contributed by atoms with van der Waals surface area (Å²) in [5.74, 6) is -0.130. The van der Waals surface area contributed by atoms with Crippen molar-refractivity contribution in [2.75, 3.05) is 5.32 Å². The highest BCUT2D eigenvalue weighted by Crippen LogP contribution is 2.25. The number of aryl methyl sites for hydroxylation is 1. The second-order valence-corrected chi connectivity index (χ2v) is 7.02. The van der Waals surface area contributed by atoms with Gasteiger partial charge >= 0.3 is 12.0 Å². The van der Waals surface area contributed by atoms with Gasteiger partial charge in [-0.1, -0.05) is 51.1 Å². The van der Waals surface area contributed by atoms with Gasteiger partial charge < -0.3 is 14.9 Å². The van der Waals surface area contributed by atoms with Crippen molar-refractivity contribution < 1.29 is 19.2 Å². The molecule has 1 unspecified atom stereocenters. The fraction of sp³-hybridized carbons (Fsp3) is 0.300. The van der Waals surface area contributed by atoms with Crippen LogP contribution in [0.2, 0.25) is 0 Å². The zero-order chi connectivity index (χ0) is 19.2. The topological polar surface area (TPSA) is 76.7 Å². The molecule has 0 fully saturated rings. The number of para-hydroxylation sites is 1. The molecule has 0 saturated carbocycles. The van der Waals surface area contributed by atoms with E-state index in [0.717, 1.165) is 5.56 Å². The smallest absolute Gasteiger partial charge is 0.372 e. The van der Waals surface area contributed by atoms with E-state index in [2.05, 4.69) is 10.8 Å². The number of carbonyl (C=O) groups excluding carboxylic acids is 2. The molecule has 0 spiro atoms. The van der Waals surface area contributed by atoms with Gasteiger partial charge in [0.1, 0.15) is 5.75 Å². The van der Waals surface area contributed by atoms with Crippen LogP contribution in [0, 0.1) is 12.3 Å². The molecule has 0 aliphatic rings. The first-order chi connectivity index (χ1) is 12.3. The lowest BCUT2D eigenvalue weighted by Gasteiger charge is -2.28. The van der Waals surface area contributed by atoms with Crippen LogP contribution in [-0.2, 0) is 9.63 Å². The highest BCUT2D eigenvalue weighted by atomic mass is 16.7. The summed E-state index contributed by atoms with van der Waals surface area (Å²) in [4.78, 5) is 29.3. The van der Waals surface area contributed by atoms with E-state index in [-0.39, 0.29) is 0 Å². The SMILES string of the molecule is Cc1cccc(NC(=O)NOC(=O)C(Oc2ccccc2)C(C)(C)C)c1. The van der Waals surface area contributed by atoms with Crippen LogP contribution in [-0.4, -0.2) is 18.1 Å².